The molecule has 1 saturated carbocycles. The molecule has 7 nitrogen and oxygen atoms in total. The van der Waals surface area contributed by atoms with E-state index >= 15 is 0 Å². The molecule has 4 heterocycles. The van der Waals surface area contributed by atoms with Crippen LogP contribution in [0.3, 0.4) is 0 Å². The highest BCUT2D eigenvalue weighted by Gasteiger charge is 2.44. The third-order valence-corrected chi connectivity index (χ3v) is 8.48. The molecule has 0 spiro atoms. The number of nitrogens with one attached hydrogen (secondary N) is 1. The highest BCUT2D eigenvalue weighted by molar-refractivity contribution is 5.84. The zero-order chi connectivity index (χ0) is 28.2. The molecule has 2 aliphatic rings. The molecule has 0 unspecified atom stereocenters. The Morgan fingerprint density at radius 3 is 2.62 bits per heavy atom. The van der Waals surface area contributed by atoms with Gasteiger partial charge < -0.3 is 9.55 Å². The molecule has 1 N–H and O–H groups in total. The van der Waals surface area contributed by atoms with Gasteiger partial charge in [-0.2, -0.15) is 13.2 Å². The number of hydrogen-bond donors (Lipinski definition) is 1. The molecule has 0 radical (unpaired) electrons. The summed E-state index contributed by atoms with van der Waals surface area (Å²) in [4.78, 5) is 18.3. The summed E-state index contributed by atoms with van der Waals surface area (Å²) < 4.78 is 72.2. The van der Waals surface area contributed by atoms with Crippen LogP contribution in [0.5, 0.6) is 0 Å². The Balaban J connectivity index is 1.41. The predicted molar refractivity (Wildman–Crippen MR) is 139 cm³/mol. The predicted octanol–water partition coefficient (Wildman–Crippen LogP) is 5.41. The lowest BCUT2D eigenvalue weighted by atomic mass is 9.63. The molecule has 3 aromatic heterocycles. The number of aromatic nitrogens is 5. The molecule has 4 aromatic rings. The van der Waals surface area contributed by atoms with E-state index in [-0.39, 0.29) is 24.0 Å². The Morgan fingerprint density at radius 2 is 1.98 bits per heavy atom. The number of H-pyrrole nitrogens is 1. The first-order valence-electron chi connectivity index (χ1n) is 13.4. The molecule has 212 valence electrons. The standard InChI is InChI=1S/C28H29F5N6O/c1-37-16-34-36-26(37)27(8-4-9-27)18-6-2-7-20(11-18)39-15-22(28(31,32)33)21-12-19(35-23(21)25(39)40)14-38-10-3-5-17(13-38)24(29)30/h2,6-7,11-12,15-17,24,35H,3-5,8-10,13-14H2,1H3/t17-/m1/s1. The SMILES string of the molecule is Cn1cnnc1C1(c2cccc(-n3cc(C(F)(F)F)c4cc(CN5CCC[C@@H](C(F)F)C5)[nH]c4c3=O)c2)CCC1. The van der Waals surface area contributed by atoms with E-state index in [4.69, 9.17) is 0 Å². The van der Waals surface area contributed by atoms with Crippen LogP contribution in [0.1, 0.15) is 54.7 Å². The highest BCUT2D eigenvalue weighted by Crippen LogP contribution is 2.48. The van der Waals surface area contributed by atoms with Crippen LogP contribution in [0.15, 0.2) is 47.7 Å². The number of fused-ring (bicyclic) bond motifs is 1. The summed E-state index contributed by atoms with van der Waals surface area (Å²) in [5, 5.41) is 8.09. The van der Waals surface area contributed by atoms with E-state index in [1.165, 1.54) is 6.07 Å². The summed E-state index contributed by atoms with van der Waals surface area (Å²) >= 11 is 0. The van der Waals surface area contributed by atoms with Gasteiger partial charge in [-0.15, -0.1) is 10.2 Å². The number of likely N-dealkylation sites (tertiary alicyclic amines) is 1. The summed E-state index contributed by atoms with van der Waals surface area (Å²) in [6.07, 6.45) is -1.09. The Bertz CT molecular complexity index is 1600. The number of benzene rings is 1. The van der Waals surface area contributed by atoms with E-state index in [0.717, 1.165) is 41.4 Å². The number of aromatic amines is 1. The van der Waals surface area contributed by atoms with Crippen LogP contribution in [0.25, 0.3) is 16.6 Å². The number of alkyl halides is 5. The second-order valence-electron chi connectivity index (χ2n) is 11.0. The van der Waals surface area contributed by atoms with Crippen molar-refractivity contribution in [2.24, 2.45) is 13.0 Å². The monoisotopic (exact) mass is 560 g/mol. The minimum atomic E-state index is -4.72. The fourth-order valence-electron chi connectivity index (χ4n) is 6.30. The van der Waals surface area contributed by atoms with Crippen molar-refractivity contribution < 1.29 is 22.0 Å². The van der Waals surface area contributed by atoms with Gasteiger partial charge in [-0.05, 0) is 56.0 Å². The first-order valence-corrected chi connectivity index (χ1v) is 13.4. The maximum Gasteiger partial charge on any atom is 0.418 e. The third kappa shape index (κ3) is 4.51. The molecule has 12 heteroatoms. The van der Waals surface area contributed by atoms with Gasteiger partial charge in [-0.1, -0.05) is 18.6 Å². The lowest BCUT2D eigenvalue weighted by Crippen LogP contribution is -2.38. The average Bonchev–Trinajstić information content (AvgIpc) is 3.50. The Hall–Kier alpha value is -3.54. The minimum Gasteiger partial charge on any atom is -0.353 e. The fourth-order valence-corrected chi connectivity index (χ4v) is 6.30. The third-order valence-electron chi connectivity index (χ3n) is 8.48. The van der Waals surface area contributed by atoms with Crippen molar-refractivity contribution in [2.75, 3.05) is 13.1 Å². The summed E-state index contributed by atoms with van der Waals surface area (Å²) in [5.41, 5.74) is -0.581. The number of piperidine rings is 1. The summed E-state index contributed by atoms with van der Waals surface area (Å²) in [6.45, 7) is 0.878. The van der Waals surface area contributed by atoms with Gasteiger partial charge in [0.05, 0.1) is 11.0 Å². The first-order chi connectivity index (χ1) is 19.1. The largest absolute Gasteiger partial charge is 0.418 e. The van der Waals surface area contributed by atoms with Gasteiger partial charge in [-0.3, -0.25) is 14.3 Å². The van der Waals surface area contributed by atoms with Gasteiger partial charge in [0, 0.05) is 49.0 Å². The highest BCUT2D eigenvalue weighted by atomic mass is 19.4. The normalized spacial score (nSPS) is 19.8. The maximum absolute atomic E-state index is 14.3. The molecule has 6 rings (SSSR count). The number of pyridine rings is 1. The minimum absolute atomic E-state index is 0.156. The summed E-state index contributed by atoms with van der Waals surface area (Å²) in [7, 11) is 1.85. The van der Waals surface area contributed by atoms with Crippen molar-refractivity contribution in [3.63, 3.8) is 0 Å². The second kappa shape index (κ2) is 9.83. The molecule has 1 atom stereocenters. The topological polar surface area (TPSA) is 71.7 Å². The zero-order valence-corrected chi connectivity index (χ0v) is 21.9. The molecular formula is C28H29F5N6O. The molecular weight excluding hydrogens is 531 g/mol. The van der Waals surface area contributed by atoms with Crippen LogP contribution in [0, 0.1) is 5.92 Å². The van der Waals surface area contributed by atoms with Gasteiger partial charge in [-0.25, -0.2) is 8.78 Å². The van der Waals surface area contributed by atoms with Gasteiger partial charge in [0.25, 0.3) is 5.56 Å². The van der Waals surface area contributed by atoms with E-state index < -0.39 is 35.1 Å². The number of aryl methyl sites for hydroxylation is 1. The van der Waals surface area contributed by atoms with Gasteiger partial charge in [0.2, 0.25) is 6.43 Å². The Kier molecular flexibility index (Phi) is 6.55. The van der Waals surface area contributed by atoms with Crippen LogP contribution in [0.4, 0.5) is 22.0 Å². The van der Waals surface area contributed by atoms with Crippen LogP contribution >= 0.6 is 0 Å². The van der Waals surface area contributed by atoms with Crippen molar-refractivity contribution in [3.8, 4) is 5.69 Å². The van der Waals surface area contributed by atoms with E-state index in [0.29, 0.717) is 30.8 Å². The van der Waals surface area contributed by atoms with E-state index in [1.807, 2.05) is 17.7 Å². The zero-order valence-electron chi connectivity index (χ0n) is 21.9. The maximum atomic E-state index is 14.3. The molecule has 1 aromatic carbocycles. The van der Waals surface area contributed by atoms with E-state index in [1.54, 1.807) is 29.4 Å². The molecule has 1 aliphatic carbocycles. The van der Waals surface area contributed by atoms with Crippen molar-refractivity contribution in [2.45, 2.75) is 56.7 Å². The molecule has 1 saturated heterocycles. The molecule has 2 fully saturated rings. The van der Waals surface area contributed by atoms with Gasteiger partial charge in [0.1, 0.15) is 17.7 Å². The fraction of sp³-hybridized carbons (Fsp3) is 0.464. The van der Waals surface area contributed by atoms with Gasteiger partial charge >= 0.3 is 6.18 Å². The average molecular weight is 561 g/mol. The number of halogens is 5. The number of hydrogen-bond acceptors (Lipinski definition) is 4. The Morgan fingerprint density at radius 1 is 1.18 bits per heavy atom. The van der Waals surface area contributed by atoms with E-state index in [9.17, 15) is 26.7 Å². The summed E-state index contributed by atoms with van der Waals surface area (Å²) in [6, 6.07) is 8.33. The van der Waals surface area contributed by atoms with Crippen molar-refractivity contribution in [1.82, 2.24) is 29.2 Å². The van der Waals surface area contributed by atoms with Crippen molar-refractivity contribution >= 4 is 10.9 Å². The molecule has 1 aliphatic heterocycles. The lowest BCUT2D eigenvalue weighted by molar-refractivity contribution is -0.136. The van der Waals surface area contributed by atoms with Crippen molar-refractivity contribution in [3.05, 3.63) is 75.9 Å². The second-order valence-corrected chi connectivity index (χ2v) is 11.0. The number of nitrogens with zero attached hydrogens (tertiary/aromatic N) is 5. The van der Waals surface area contributed by atoms with E-state index in [2.05, 4.69) is 15.2 Å². The van der Waals surface area contributed by atoms with Crippen LogP contribution in [-0.4, -0.2) is 48.7 Å². The molecule has 0 amide bonds. The molecule has 40 heavy (non-hydrogen) atoms. The van der Waals surface area contributed by atoms with Crippen LogP contribution < -0.4 is 5.56 Å². The smallest absolute Gasteiger partial charge is 0.353 e. The first kappa shape index (κ1) is 26.7. The lowest BCUT2D eigenvalue weighted by Gasteiger charge is -2.41. The van der Waals surface area contributed by atoms with Crippen LogP contribution in [-0.2, 0) is 25.2 Å². The van der Waals surface area contributed by atoms with Crippen molar-refractivity contribution in [1.29, 1.82) is 0 Å². The molecule has 0 bridgehead atoms. The summed E-state index contributed by atoms with van der Waals surface area (Å²) in [5.74, 6) is 0.00404. The quantitative estimate of drug-likeness (QED) is 0.320. The van der Waals surface area contributed by atoms with Crippen LogP contribution in [0.2, 0.25) is 0 Å². The Labute approximate surface area is 226 Å². The van der Waals surface area contributed by atoms with Gasteiger partial charge in [0.15, 0.2) is 0 Å². The number of rotatable bonds is 6.